The second-order valence-electron chi connectivity index (χ2n) is 11.4. The number of hydrogen-bond donors (Lipinski definition) is 3. The highest BCUT2D eigenvalue weighted by molar-refractivity contribution is 5.80. The molecule has 1 aliphatic heterocycles. The summed E-state index contributed by atoms with van der Waals surface area (Å²) in [6, 6.07) is 0. The van der Waals surface area contributed by atoms with Crippen LogP contribution in [-0.4, -0.2) is 45.2 Å². The molecule has 3 saturated carbocycles. The van der Waals surface area contributed by atoms with E-state index in [1.54, 1.807) is 6.92 Å². The molecule has 0 amide bonds. The zero-order valence-electron chi connectivity index (χ0n) is 19.8. The minimum Gasteiger partial charge on any atom is -0.460 e. The predicted molar refractivity (Wildman–Crippen MR) is 124 cm³/mol. The molecule has 4 aliphatic rings. The van der Waals surface area contributed by atoms with E-state index in [4.69, 9.17) is 4.74 Å². The van der Waals surface area contributed by atoms with E-state index in [9.17, 15) is 20.1 Å². The number of carbonyl (C=O) groups excluding carboxylic acids is 1. The maximum atomic E-state index is 11.9. The molecule has 0 radical (unpaired) electrons. The molecule has 1 saturated heterocycles. The Bertz CT molecular complexity index is 824. The van der Waals surface area contributed by atoms with E-state index in [1.807, 2.05) is 0 Å². The first-order chi connectivity index (χ1) is 15.0. The molecule has 3 unspecified atom stereocenters. The lowest BCUT2D eigenvalue weighted by molar-refractivity contribution is -0.154. The summed E-state index contributed by atoms with van der Waals surface area (Å²) in [6.07, 6.45) is 11.0. The molecule has 178 valence electrons. The molecule has 3 N–H and O–H groups in total. The lowest BCUT2D eigenvalue weighted by Crippen LogP contribution is -2.36. The molecule has 3 aliphatic carbocycles. The van der Waals surface area contributed by atoms with Crippen LogP contribution in [0.2, 0.25) is 0 Å². The van der Waals surface area contributed by atoms with Gasteiger partial charge in [0.25, 0.3) is 0 Å². The first-order valence-corrected chi connectivity index (χ1v) is 12.4. The van der Waals surface area contributed by atoms with Crippen molar-refractivity contribution in [2.24, 2.45) is 23.2 Å². The predicted octanol–water partition coefficient (Wildman–Crippen LogP) is 4.22. The molecular formula is C27H40O5. The van der Waals surface area contributed by atoms with Crippen LogP contribution >= 0.6 is 0 Å². The average Bonchev–Trinajstić information content (AvgIpc) is 3.18. The van der Waals surface area contributed by atoms with Crippen LogP contribution in [0.15, 0.2) is 35.5 Å². The minimum absolute atomic E-state index is 0.186. The molecule has 1 heterocycles. The number of carbonyl (C=O) groups is 1. The van der Waals surface area contributed by atoms with Crippen LogP contribution < -0.4 is 0 Å². The van der Waals surface area contributed by atoms with Crippen LogP contribution in [-0.2, 0) is 9.53 Å². The van der Waals surface area contributed by atoms with Crippen molar-refractivity contribution in [3.05, 3.63) is 35.5 Å². The lowest BCUT2D eigenvalue weighted by atomic mass is 9.60. The Morgan fingerprint density at radius 3 is 2.69 bits per heavy atom. The smallest absolute Gasteiger partial charge is 0.338 e. The number of aliphatic hydroxyl groups is 3. The molecule has 0 aromatic carbocycles. The molecule has 4 fully saturated rings. The van der Waals surface area contributed by atoms with Crippen molar-refractivity contribution >= 4 is 5.97 Å². The first kappa shape index (κ1) is 23.7. The third-order valence-electron chi connectivity index (χ3n) is 8.96. The Morgan fingerprint density at radius 2 is 2.00 bits per heavy atom. The van der Waals surface area contributed by atoms with Crippen LogP contribution in [0, 0.1) is 23.2 Å². The van der Waals surface area contributed by atoms with Crippen molar-refractivity contribution < 1.29 is 24.9 Å². The zero-order valence-corrected chi connectivity index (χ0v) is 19.8. The van der Waals surface area contributed by atoms with E-state index in [-0.39, 0.29) is 11.5 Å². The molecular weight excluding hydrogens is 404 g/mol. The van der Waals surface area contributed by atoms with E-state index < -0.39 is 23.8 Å². The van der Waals surface area contributed by atoms with Gasteiger partial charge in [-0.3, -0.25) is 0 Å². The van der Waals surface area contributed by atoms with Gasteiger partial charge in [-0.15, -0.1) is 0 Å². The van der Waals surface area contributed by atoms with Crippen molar-refractivity contribution in [3.8, 4) is 0 Å². The largest absolute Gasteiger partial charge is 0.460 e. The van der Waals surface area contributed by atoms with Gasteiger partial charge in [0.15, 0.2) is 5.60 Å². The van der Waals surface area contributed by atoms with Gasteiger partial charge in [0.1, 0.15) is 6.10 Å². The van der Waals surface area contributed by atoms with Crippen molar-refractivity contribution in [1.82, 2.24) is 0 Å². The third kappa shape index (κ3) is 4.36. The van der Waals surface area contributed by atoms with Crippen LogP contribution in [0.5, 0.6) is 0 Å². The molecule has 0 aromatic heterocycles. The second kappa shape index (κ2) is 8.73. The fraction of sp³-hybridized carbons (Fsp3) is 0.741. The van der Waals surface area contributed by atoms with E-state index in [2.05, 4.69) is 32.6 Å². The molecule has 5 heteroatoms. The highest BCUT2D eigenvalue weighted by Crippen LogP contribution is 2.60. The summed E-state index contributed by atoms with van der Waals surface area (Å²) in [5.41, 5.74) is 2.08. The number of hydrogen-bond acceptors (Lipinski definition) is 5. The van der Waals surface area contributed by atoms with Crippen molar-refractivity contribution in [2.75, 3.05) is 0 Å². The van der Waals surface area contributed by atoms with E-state index >= 15 is 0 Å². The Balaban J connectivity index is 1.47. The minimum atomic E-state index is -1.34. The van der Waals surface area contributed by atoms with Gasteiger partial charge in [-0.2, -0.15) is 0 Å². The number of aliphatic hydroxyl groups excluding tert-OH is 2. The maximum absolute atomic E-state index is 11.9. The molecule has 0 spiro atoms. The number of ether oxygens (including phenoxy) is 1. The van der Waals surface area contributed by atoms with Gasteiger partial charge < -0.3 is 20.1 Å². The summed E-state index contributed by atoms with van der Waals surface area (Å²) in [6.45, 7) is 10.3. The summed E-state index contributed by atoms with van der Waals surface area (Å²) in [4.78, 5) is 11.9. The summed E-state index contributed by atoms with van der Waals surface area (Å²) in [5.74, 6) is 1.06. The standard InChI is InChI=1S/C27H40O5/c1-16(12-21-15-27(4,31)25(30)32-21)22-9-10-23-18(6-5-11-26(22,23)3)7-8-19-13-20(28)14-24(29)17(19)2/h7-8,16,20-24,28-29,31H,2,5-6,9-15H2,1,3-4H3/b18-7?,19-8-/t16-,20-,21?,22-,23?,24-,26-,27?/m1/s1. The normalized spacial score (nSPS) is 45.9. The van der Waals surface area contributed by atoms with E-state index in [0.29, 0.717) is 37.0 Å². The number of fused-ring (bicyclic) bond motifs is 1. The molecule has 0 bridgehead atoms. The van der Waals surface area contributed by atoms with E-state index in [0.717, 1.165) is 24.0 Å². The second-order valence-corrected chi connectivity index (χ2v) is 11.4. The molecule has 32 heavy (non-hydrogen) atoms. The number of allylic oxidation sites excluding steroid dienone is 3. The van der Waals surface area contributed by atoms with Gasteiger partial charge in [-0.1, -0.05) is 38.2 Å². The van der Waals surface area contributed by atoms with Gasteiger partial charge in [0, 0.05) is 12.8 Å². The highest BCUT2D eigenvalue weighted by Gasteiger charge is 2.52. The Morgan fingerprint density at radius 1 is 1.25 bits per heavy atom. The fourth-order valence-electron chi connectivity index (χ4n) is 7.24. The highest BCUT2D eigenvalue weighted by atomic mass is 16.6. The average molecular weight is 445 g/mol. The third-order valence-corrected chi connectivity index (χ3v) is 8.96. The number of esters is 1. The van der Waals surface area contributed by atoms with Crippen LogP contribution in [0.3, 0.4) is 0 Å². The SMILES string of the molecule is C=C1/C(=C\C=C2CCC[C@@]3(C)C2CC[C@@H]3[C@H](C)CC2CC(C)(O)C(=O)O2)C[C@@H](O)C[C@H]1O. The number of cyclic esters (lactones) is 1. The molecule has 5 nitrogen and oxygen atoms in total. The summed E-state index contributed by atoms with van der Waals surface area (Å²) >= 11 is 0. The van der Waals surface area contributed by atoms with Crippen LogP contribution in [0.25, 0.3) is 0 Å². The van der Waals surface area contributed by atoms with Gasteiger partial charge in [0.2, 0.25) is 0 Å². The monoisotopic (exact) mass is 444 g/mol. The van der Waals surface area contributed by atoms with Crippen molar-refractivity contribution in [2.45, 2.75) is 102 Å². The van der Waals surface area contributed by atoms with Crippen LogP contribution in [0.4, 0.5) is 0 Å². The van der Waals surface area contributed by atoms with Crippen LogP contribution in [0.1, 0.15) is 78.6 Å². The van der Waals surface area contributed by atoms with Crippen molar-refractivity contribution in [3.63, 3.8) is 0 Å². The Hall–Kier alpha value is -1.43. The summed E-state index contributed by atoms with van der Waals surface area (Å²) in [7, 11) is 0. The molecule has 8 atom stereocenters. The molecule has 4 rings (SSSR count). The van der Waals surface area contributed by atoms with Gasteiger partial charge in [0.05, 0.1) is 12.2 Å². The topological polar surface area (TPSA) is 87.0 Å². The number of rotatable bonds is 4. The Labute approximate surface area is 192 Å². The molecule has 0 aromatic rings. The summed E-state index contributed by atoms with van der Waals surface area (Å²) < 4.78 is 5.47. The fourth-order valence-corrected chi connectivity index (χ4v) is 7.24. The summed E-state index contributed by atoms with van der Waals surface area (Å²) in [5, 5.41) is 30.4. The van der Waals surface area contributed by atoms with Gasteiger partial charge in [-0.05, 0) is 86.2 Å². The van der Waals surface area contributed by atoms with E-state index in [1.165, 1.54) is 31.3 Å². The van der Waals surface area contributed by atoms with Gasteiger partial charge >= 0.3 is 5.97 Å². The Kier molecular flexibility index (Phi) is 6.47. The maximum Gasteiger partial charge on any atom is 0.338 e. The lowest BCUT2D eigenvalue weighted by Gasteiger charge is -2.44. The first-order valence-electron chi connectivity index (χ1n) is 12.4. The van der Waals surface area contributed by atoms with Gasteiger partial charge in [-0.25, -0.2) is 4.79 Å². The zero-order chi connectivity index (χ0) is 23.3. The quantitative estimate of drug-likeness (QED) is 0.565. The van der Waals surface area contributed by atoms with Crippen molar-refractivity contribution in [1.29, 1.82) is 0 Å².